The molecule has 1 N–H and O–H groups in total. The van der Waals surface area contributed by atoms with Crippen LogP contribution >= 0.6 is 0 Å². The van der Waals surface area contributed by atoms with Crippen LogP contribution in [0.25, 0.3) is 5.69 Å². The van der Waals surface area contributed by atoms with E-state index < -0.39 is 0 Å². The Morgan fingerprint density at radius 1 is 1.15 bits per heavy atom. The highest BCUT2D eigenvalue weighted by Gasteiger charge is 2.19. The maximum atomic E-state index is 4.44. The molecule has 0 bridgehead atoms. The Morgan fingerprint density at radius 2 is 1.95 bits per heavy atom. The van der Waals surface area contributed by atoms with Crippen LogP contribution in [0.4, 0.5) is 0 Å². The van der Waals surface area contributed by atoms with Gasteiger partial charge in [0.2, 0.25) is 0 Å². The van der Waals surface area contributed by atoms with Gasteiger partial charge in [-0.05, 0) is 25.2 Å². The van der Waals surface area contributed by atoms with Gasteiger partial charge in [-0.2, -0.15) is 5.10 Å². The molecule has 3 rings (SSSR count). The smallest absolute Gasteiger partial charge is 0.0947 e. The number of nitrogens with one attached hydrogen (secondary N) is 1. The van der Waals surface area contributed by atoms with E-state index in [4.69, 9.17) is 0 Å². The number of para-hydroxylation sites is 1. The first kappa shape index (κ1) is 12.6. The standard InChI is InChI=1S/C15H17N5/c1-16-15(13-10-19(2)11-17-13)14-8-9-18-20(14)12-6-4-3-5-7-12/h3-11,15-16H,1-2H3. The van der Waals surface area contributed by atoms with E-state index in [1.165, 1.54) is 0 Å². The number of benzene rings is 1. The quantitative estimate of drug-likeness (QED) is 0.785. The Kier molecular flexibility index (Phi) is 3.35. The van der Waals surface area contributed by atoms with E-state index in [9.17, 15) is 0 Å². The topological polar surface area (TPSA) is 47.7 Å². The van der Waals surface area contributed by atoms with Gasteiger partial charge in [0, 0.05) is 19.4 Å². The van der Waals surface area contributed by atoms with Gasteiger partial charge in [-0.25, -0.2) is 9.67 Å². The van der Waals surface area contributed by atoms with E-state index >= 15 is 0 Å². The fraction of sp³-hybridized carbons (Fsp3) is 0.200. The number of hydrogen-bond donors (Lipinski definition) is 1. The zero-order chi connectivity index (χ0) is 13.9. The zero-order valence-corrected chi connectivity index (χ0v) is 11.6. The molecule has 3 aromatic rings. The Morgan fingerprint density at radius 3 is 2.60 bits per heavy atom. The predicted molar refractivity (Wildman–Crippen MR) is 77.7 cm³/mol. The van der Waals surface area contributed by atoms with E-state index in [1.807, 2.05) is 78.5 Å². The summed E-state index contributed by atoms with van der Waals surface area (Å²) in [6.07, 6.45) is 5.64. The Bertz CT molecular complexity index is 683. The lowest BCUT2D eigenvalue weighted by Crippen LogP contribution is -2.21. The summed E-state index contributed by atoms with van der Waals surface area (Å²) in [5.41, 5.74) is 3.09. The average molecular weight is 267 g/mol. The minimum absolute atomic E-state index is 0.0129. The predicted octanol–water partition coefficient (Wildman–Crippen LogP) is 1.91. The molecule has 0 aliphatic carbocycles. The van der Waals surface area contributed by atoms with Crippen molar-refractivity contribution in [3.8, 4) is 5.69 Å². The second kappa shape index (κ2) is 5.30. The van der Waals surface area contributed by atoms with Crippen LogP contribution in [0.2, 0.25) is 0 Å². The van der Waals surface area contributed by atoms with Gasteiger partial charge in [-0.3, -0.25) is 0 Å². The molecule has 0 fully saturated rings. The van der Waals surface area contributed by atoms with Gasteiger partial charge >= 0.3 is 0 Å². The molecule has 0 amide bonds. The number of aryl methyl sites for hydroxylation is 1. The summed E-state index contributed by atoms with van der Waals surface area (Å²) >= 11 is 0. The minimum atomic E-state index is 0.0129. The lowest BCUT2D eigenvalue weighted by atomic mass is 10.1. The van der Waals surface area contributed by atoms with Crippen LogP contribution in [0.5, 0.6) is 0 Å². The van der Waals surface area contributed by atoms with Crippen LogP contribution in [0.1, 0.15) is 17.4 Å². The highest BCUT2D eigenvalue weighted by Crippen LogP contribution is 2.22. The number of imidazole rings is 1. The van der Waals surface area contributed by atoms with Crippen LogP contribution in [0.3, 0.4) is 0 Å². The Hall–Kier alpha value is -2.40. The van der Waals surface area contributed by atoms with Gasteiger partial charge in [-0.15, -0.1) is 0 Å². The molecule has 1 aromatic carbocycles. The molecule has 5 nitrogen and oxygen atoms in total. The van der Waals surface area contributed by atoms with Crippen molar-refractivity contribution in [2.75, 3.05) is 7.05 Å². The molecule has 0 radical (unpaired) electrons. The number of nitrogens with zero attached hydrogens (tertiary/aromatic N) is 4. The van der Waals surface area contributed by atoms with Crippen LogP contribution < -0.4 is 5.32 Å². The van der Waals surface area contributed by atoms with Gasteiger partial charge in [0.05, 0.1) is 29.4 Å². The number of rotatable bonds is 4. The fourth-order valence-corrected chi connectivity index (χ4v) is 2.35. The molecule has 5 heteroatoms. The third-order valence-electron chi connectivity index (χ3n) is 3.28. The lowest BCUT2D eigenvalue weighted by Gasteiger charge is -2.16. The first-order chi connectivity index (χ1) is 9.79. The molecule has 0 aliphatic heterocycles. The van der Waals surface area contributed by atoms with Crippen molar-refractivity contribution in [2.24, 2.45) is 7.05 Å². The summed E-state index contributed by atoms with van der Waals surface area (Å²) in [7, 11) is 3.90. The molecule has 0 saturated carbocycles. The summed E-state index contributed by atoms with van der Waals surface area (Å²) in [6, 6.07) is 12.1. The molecule has 2 heterocycles. The van der Waals surface area contributed by atoms with Crippen molar-refractivity contribution in [3.05, 3.63) is 66.5 Å². The molecule has 0 spiro atoms. The van der Waals surface area contributed by atoms with Crippen molar-refractivity contribution in [3.63, 3.8) is 0 Å². The summed E-state index contributed by atoms with van der Waals surface area (Å²) in [4.78, 5) is 4.44. The molecule has 0 saturated heterocycles. The number of hydrogen-bond acceptors (Lipinski definition) is 3. The molecular weight excluding hydrogens is 250 g/mol. The SMILES string of the molecule is CNC(c1cn(C)cn1)c1ccnn1-c1ccccc1. The molecule has 102 valence electrons. The summed E-state index contributed by atoms with van der Waals surface area (Å²) < 4.78 is 3.89. The van der Waals surface area contributed by atoms with E-state index in [0.717, 1.165) is 17.1 Å². The van der Waals surface area contributed by atoms with Gasteiger partial charge in [0.15, 0.2) is 0 Å². The summed E-state index contributed by atoms with van der Waals surface area (Å²) in [5, 5.41) is 7.74. The normalized spacial score (nSPS) is 12.5. The minimum Gasteiger partial charge on any atom is -0.340 e. The van der Waals surface area contributed by atoms with Crippen molar-refractivity contribution in [2.45, 2.75) is 6.04 Å². The Balaban J connectivity index is 2.04. The van der Waals surface area contributed by atoms with Crippen LogP contribution in [-0.4, -0.2) is 26.4 Å². The van der Waals surface area contributed by atoms with E-state index in [-0.39, 0.29) is 6.04 Å². The Labute approximate surface area is 117 Å². The maximum absolute atomic E-state index is 4.44. The fourth-order valence-electron chi connectivity index (χ4n) is 2.35. The highest BCUT2D eigenvalue weighted by atomic mass is 15.3. The molecule has 20 heavy (non-hydrogen) atoms. The van der Waals surface area contributed by atoms with Crippen molar-refractivity contribution >= 4 is 0 Å². The van der Waals surface area contributed by atoms with Crippen LogP contribution in [0.15, 0.2) is 55.1 Å². The van der Waals surface area contributed by atoms with Crippen molar-refractivity contribution in [1.29, 1.82) is 0 Å². The average Bonchev–Trinajstić information content (AvgIpc) is 3.11. The van der Waals surface area contributed by atoms with Gasteiger partial charge in [0.1, 0.15) is 0 Å². The van der Waals surface area contributed by atoms with Crippen LogP contribution in [-0.2, 0) is 7.05 Å². The molecular formula is C15H17N5. The molecule has 0 aliphatic rings. The van der Waals surface area contributed by atoms with Crippen molar-refractivity contribution < 1.29 is 0 Å². The van der Waals surface area contributed by atoms with Gasteiger partial charge < -0.3 is 9.88 Å². The van der Waals surface area contributed by atoms with E-state index in [0.29, 0.717) is 0 Å². The first-order valence-electron chi connectivity index (χ1n) is 6.54. The molecule has 2 aromatic heterocycles. The molecule has 1 atom stereocenters. The number of aromatic nitrogens is 4. The highest BCUT2D eigenvalue weighted by molar-refractivity contribution is 5.34. The van der Waals surface area contributed by atoms with Gasteiger partial charge in [0.25, 0.3) is 0 Å². The lowest BCUT2D eigenvalue weighted by molar-refractivity contribution is 0.624. The largest absolute Gasteiger partial charge is 0.340 e. The second-order valence-electron chi connectivity index (χ2n) is 4.69. The molecule has 1 unspecified atom stereocenters. The maximum Gasteiger partial charge on any atom is 0.0947 e. The third-order valence-corrected chi connectivity index (χ3v) is 3.28. The zero-order valence-electron chi connectivity index (χ0n) is 11.6. The first-order valence-corrected chi connectivity index (χ1v) is 6.54. The second-order valence-corrected chi connectivity index (χ2v) is 4.69. The van der Waals surface area contributed by atoms with Crippen molar-refractivity contribution in [1.82, 2.24) is 24.6 Å². The third kappa shape index (κ3) is 2.23. The van der Waals surface area contributed by atoms with Gasteiger partial charge in [-0.1, -0.05) is 18.2 Å². The monoisotopic (exact) mass is 267 g/mol. The van der Waals surface area contributed by atoms with Crippen LogP contribution in [0, 0.1) is 0 Å². The van der Waals surface area contributed by atoms with E-state index in [1.54, 1.807) is 0 Å². The summed E-state index contributed by atoms with van der Waals surface area (Å²) in [5.74, 6) is 0. The van der Waals surface area contributed by atoms with E-state index in [2.05, 4.69) is 15.4 Å². The summed E-state index contributed by atoms with van der Waals surface area (Å²) in [6.45, 7) is 0.